The minimum atomic E-state index is -2.53. The zero-order valence-corrected chi connectivity index (χ0v) is 24.1. The van der Waals surface area contributed by atoms with E-state index in [9.17, 15) is 18.4 Å². The summed E-state index contributed by atoms with van der Waals surface area (Å²) in [4.78, 5) is 29.2. The summed E-state index contributed by atoms with van der Waals surface area (Å²) in [6, 6.07) is 3.56. The molecular formula is C28H34ClF2N3O4S. The molecule has 212 valence electrons. The van der Waals surface area contributed by atoms with Crippen LogP contribution in [0.1, 0.15) is 72.6 Å². The van der Waals surface area contributed by atoms with Gasteiger partial charge in [0, 0.05) is 71.6 Å². The number of benzene rings is 1. The van der Waals surface area contributed by atoms with Crippen molar-refractivity contribution in [2.75, 3.05) is 6.26 Å². The fourth-order valence-corrected chi connectivity index (χ4v) is 6.88. The van der Waals surface area contributed by atoms with Crippen molar-refractivity contribution in [2.24, 2.45) is 5.92 Å². The largest absolute Gasteiger partial charge is 0.448 e. The van der Waals surface area contributed by atoms with Crippen LogP contribution in [0, 0.1) is 19.8 Å². The van der Waals surface area contributed by atoms with Crippen LogP contribution in [0.5, 0.6) is 11.5 Å². The number of thioether (sulfide) groups is 1. The second-order valence-electron chi connectivity index (χ2n) is 11.1. The molecule has 3 N–H and O–H groups in total. The van der Waals surface area contributed by atoms with Crippen LogP contribution in [0.25, 0.3) is 0 Å². The predicted octanol–water partition coefficient (Wildman–Crippen LogP) is 5.73. The summed E-state index contributed by atoms with van der Waals surface area (Å²) in [6.45, 7) is 5.57. The van der Waals surface area contributed by atoms with Gasteiger partial charge in [-0.3, -0.25) is 9.59 Å². The molecule has 7 nitrogen and oxygen atoms in total. The predicted molar refractivity (Wildman–Crippen MR) is 147 cm³/mol. The Balaban J connectivity index is 1.25. The second kappa shape index (κ2) is 10.6. The Morgan fingerprint density at radius 1 is 1.13 bits per heavy atom. The average molecular weight is 582 g/mol. The van der Waals surface area contributed by atoms with Gasteiger partial charge in [-0.05, 0) is 57.9 Å². The summed E-state index contributed by atoms with van der Waals surface area (Å²) in [5.41, 5.74) is 1.99. The Bertz CT molecular complexity index is 1340. The van der Waals surface area contributed by atoms with Crippen molar-refractivity contribution < 1.29 is 23.0 Å². The topological polar surface area (TPSA) is 92.5 Å². The molecule has 1 aromatic heterocycles. The van der Waals surface area contributed by atoms with E-state index in [0.29, 0.717) is 28.2 Å². The summed E-state index contributed by atoms with van der Waals surface area (Å²) < 4.78 is 39.0. The lowest BCUT2D eigenvalue weighted by Crippen LogP contribution is -2.53. The molecule has 2 aliphatic carbocycles. The first-order valence-corrected chi connectivity index (χ1v) is 14.9. The highest BCUT2D eigenvalue weighted by Gasteiger charge is 2.49. The van der Waals surface area contributed by atoms with E-state index in [0.717, 1.165) is 36.3 Å². The van der Waals surface area contributed by atoms with Gasteiger partial charge >= 0.3 is 0 Å². The zero-order chi connectivity index (χ0) is 28.1. The Morgan fingerprint density at radius 3 is 2.44 bits per heavy atom. The molecule has 0 unspecified atom stereocenters. The molecule has 11 heteroatoms. The highest BCUT2D eigenvalue weighted by Crippen LogP contribution is 2.51. The van der Waals surface area contributed by atoms with Gasteiger partial charge in [-0.2, -0.15) is 0 Å². The number of carbonyl (C=O) groups excluding carboxylic acids is 1. The maximum absolute atomic E-state index is 13.2. The van der Waals surface area contributed by atoms with Crippen LogP contribution in [-0.4, -0.2) is 40.9 Å². The van der Waals surface area contributed by atoms with Gasteiger partial charge < -0.3 is 25.1 Å². The first kappa shape index (κ1) is 28.2. The lowest BCUT2D eigenvalue weighted by molar-refractivity contribution is -0.123. The van der Waals surface area contributed by atoms with E-state index in [1.165, 1.54) is 11.8 Å². The molecule has 2 saturated carbocycles. The van der Waals surface area contributed by atoms with Gasteiger partial charge in [0.25, 0.3) is 23.2 Å². The van der Waals surface area contributed by atoms with E-state index in [1.54, 1.807) is 13.0 Å². The van der Waals surface area contributed by atoms with Crippen molar-refractivity contribution in [3.63, 3.8) is 0 Å². The van der Waals surface area contributed by atoms with E-state index < -0.39 is 11.7 Å². The smallest absolute Gasteiger partial charge is 0.254 e. The number of H-pyrrole nitrogens is 1. The Hall–Kier alpha value is -2.30. The van der Waals surface area contributed by atoms with Crippen molar-refractivity contribution in [3.8, 4) is 11.5 Å². The van der Waals surface area contributed by atoms with Crippen LogP contribution in [-0.2, 0) is 6.54 Å². The van der Waals surface area contributed by atoms with Crippen LogP contribution < -0.4 is 25.7 Å². The Labute approximate surface area is 235 Å². The number of amides is 1. The van der Waals surface area contributed by atoms with E-state index in [4.69, 9.17) is 21.1 Å². The lowest BCUT2D eigenvalue weighted by atomic mass is 9.79. The third kappa shape index (κ3) is 5.65. The highest BCUT2D eigenvalue weighted by atomic mass is 35.5. The maximum Gasteiger partial charge on any atom is 0.254 e. The number of halogens is 3. The average Bonchev–Trinajstić information content (AvgIpc) is 3.24. The molecule has 2 fully saturated rings. The van der Waals surface area contributed by atoms with Crippen molar-refractivity contribution in [3.05, 3.63) is 49.9 Å². The number of aromatic nitrogens is 1. The molecule has 0 radical (unpaired) electrons. The molecule has 39 heavy (non-hydrogen) atoms. The number of aryl methyl sites for hydroxylation is 1. The molecule has 0 saturated heterocycles. The quantitative estimate of drug-likeness (QED) is 0.362. The number of hydrogen-bond donors (Lipinski definition) is 3. The maximum atomic E-state index is 13.2. The molecule has 1 aromatic carbocycles. The summed E-state index contributed by atoms with van der Waals surface area (Å²) in [5, 5.41) is 6.51. The van der Waals surface area contributed by atoms with E-state index in [2.05, 4.69) is 15.6 Å². The van der Waals surface area contributed by atoms with Crippen molar-refractivity contribution in [1.29, 1.82) is 0 Å². The van der Waals surface area contributed by atoms with Crippen LogP contribution in [0.2, 0.25) is 5.02 Å². The molecule has 3 aliphatic rings. The first-order valence-electron chi connectivity index (χ1n) is 13.3. The Kier molecular flexibility index (Phi) is 7.67. The molecule has 0 spiro atoms. The van der Waals surface area contributed by atoms with Crippen molar-refractivity contribution in [2.45, 2.75) is 94.5 Å². The normalized spacial score (nSPS) is 25.8. The minimum Gasteiger partial charge on any atom is -0.448 e. The van der Waals surface area contributed by atoms with Crippen molar-refractivity contribution in [1.82, 2.24) is 15.6 Å². The van der Waals surface area contributed by atoms with Gasteiger partial charge in [0.15, 0.2) is 11.5 Å². The summed E-state index contributed by atoms with van der Waals surface area (Å²) in [7, 11) is 0. The van der Waals surface area contributed by atoms with Gasteiger partial charge in [-0.1, -0.05) is 11.6 Å². The molecule has 1 aliphatic heterocycles. The van der Waals surface area contributed by atoms with Gasteiger partial charge in [0.1, 0.15) is 0 Å². The molecule has 0 bridgehead atoms. The first-order chi connectivity index (χ1) is 18.4. The van der Waals surface area contributed by atoms with Crippen LogP contribution >= 0.6 is 23.4 Å². The number of aromatic amines is 1. The molecule has 1 atom stereocenters. The second-order valence-corrected chi connectivity index (χ2v) is 12.4. The van der Waals surface area contributed by atoms with Gasteiger partial charge in [0.05, 0.1) is 5.02 Å². The number of rotatable bonds is 7. The van der Waals surface area contributed by atoms with Crippen molar-refractivity contribution >= 4 is 29.3 Å². The zero-order valence-electron chi connectivity index (χ0n) is 22.5. The number of pyridine rings is 1. The number of fused-ring (bicyclic) bond motifs is 1. The number of carbonyl (C=O) groups is 1. The molecule has 2 aromatic rings. The number of nitrogens with one attached hydrogen (secondary N) is 3. The molecular weight excluding hydrogens is 548 g/mol. The summed E-state index contributed by atoms with van der Waals surface area (Å²) in [5.74, 6) is -2.88. The molecule has 5 rings (SSSR count). The minimum absolute atomic E-state index is 0.0730. The number of hydrogen-bond acceptors (Lipinski definition) is 6. The van der Waals surface area contributed by atoms with E-state index >= 15 is 0 Å². The van der Waals surface area contributed by atoms with Crippen LogP contribution in [0.3, 0.4) is 0 Å². The molecule has 1 amide bonds. The number of ether oxygens (including phenoxy) is 2. The fourth-order valence-electron chi connectivity index (χ4n) is 5.94. The summed E-state index contributed by atoms with van der Waals surface area (Å²) in [6.07, 6.45) is 5.05. The highest BCUT2D eigenvalue weighted by molar-refractivity contribution is 7.98. The SMILES string of the molecule is CSc1cc(C)[nH]c(=O)c1CNC(=O)c1cc(Cl)c2c(c1C)O[C@](C)([C@H]1CC[C@H](NC3CC(F)(F)C3)CC1)O2. The summed E-state index contributed by atoms with van der Waals surface area (Å²) >= 11 is 8.03. The van der Waals surface area contributed by atoms with Gasteiger partial charge in [-0.25, -0.2) is 8.78 Å². The third-order valence-electron chi connectivity index (χ3n) is 8.20. The van der Waals surface area contributed by atoms with Crippen LogP contribution in [0.4, 0.5) is 8.78 Å². The van der Waals surface area contributed by atoms with Crippen LogP contribution in [0.15, 0.2) is 21.8 Å². The van der Waals surface area contributed by atoms with E-state index in [-0.39, 0.29) is 53.9 Å². The fraction of sp³-hybridized carbons (Fsp3) is 0.571. The third-order valence-corrected chi connectivity index (χ3v) is 9.28. The number of alkyl halides is 2. The monoisotopic (exact) mass is 581 g/mol. The lowest BCUT2D eigenvalue weighted by Gasteiger charge is -2.41. The van der Waals surface area contributed by atoms with Gasteiger partial charge in [-0.15, -0.1) is 11.8 Å². The van der Waals surface area contributed by atoms with Gasteiger partial charge in [0.2, 0.25) is 0 Å². The Morgan fingerprint density at radius 2 is 1.79 bits per heavy atom. The standard InChI is InChI=1S/C28H34ClF2N3O4S/c1-14-9-22(39-4)20(26(36)33-14)13-32-25(35)19-10-21(29)24-23(15(19)2)37-27(3,38-24)16-5-7-17(8-6-16)34-18-11-28(30,31)12-18/h9-10,16-18,34H,5-8,11-13H2,1-4H3,(H,32,35)(H,33,36)/t16-,17-,27-/m0/s1. The molecule has 2 heterocycles. The van der Waals surface area contributed by atoms with E-state index in [1.807, 2.05) is 26.2 Å².